The minimum absolute atomic E-state index is 0.161. The Morgan fingerprint density at radius 1 is 1.12 bits per heavy atom. The molecule has 174 valence electrons. The first-order valence-electron chi connectivity index (χ1n) is 10.9. The van der Waals surface area contributed by atoms with Crippen molar-refractivity contribution in [2.75, 3.05) is 26.2 Å². The molecule has 6 nitrogen and oxygen atoms in total. The number of hydrogen-bond donors (Lipinski definition) is 0. The van der Waals surface area contributed by atoms with Gasteiger partial charge in [-0.3, -0.25) is 9.69 Å². The Labute approximate surface area is 197 Å². The zero-order chi connectivity index (χ0) is 23.5. The monoisotopic (exact) mass is 471 g/mol. The molecule has 1 amide bonds. The van der Waals surface area contributed by atoms with Crippen LogP contribution in [0.2, 0.25) is 5.02 Å². The normalized spacial score (nSPS) is 14.5. The summed E-state index contributed by atoms with van der Waals surface area (Å²) in [5.74, 6) is 0.879. The molecule has 1 aliphatic rings. The first-order chi connectivity index (χ1) is 15.8. The van der Waals surface area contributed by atoms with Crippen LogP contribution in [0.5, 0.6) is 5.75 Å². The number of benzene rings is 2. The van der Waals surface area contributed by atoms with Gasteiger partial charge in [0, 0.05) is 37.7 Å². The number of halogens is 2. The third-order valence-electron chi connectivity index (χ3n) is 6.03. The number of aryl methyl sites for hydroxylation is 3. The molecule has 4 rings (SSSR count). The molecule has 0 N–H and O–H groups in total. The molecule has 0 bridgehead atoms. The predicted molar refractivity (Wildman–Crippen MR) is 124 cm³/mol. The van der Waals surface area contributed by atoms with Gasteiger partial charge in [-0.15, -0.1) is 0 Å². The SMILES string of the molecule is Cc1cccc(C)c1OCc1c(C(=O)N2CCN(Cc3ccc(F)cc3Cl)CC2)noc1C. The Hall–Kier alpha value is -2.90. The number of rotatable bonds is 6. The number of para-hydroxylation sites is 1. The summed E-state index contributed by atoms with van der Waals surface area (Å²) in [4.78, 5) is 17.2. The number of hydrogen-bond acceptors (Lipinski definition) is 5. The third-order valence-corrected chi connectivity index (χ3v) is 6.38. The van der Waals surface area contributed by atoms with E-state index in [1.165, 1.54) is 12.1 Å². The van der Waals surface area contributed by atoms with Gasteiger partial charge in [-0.2, -0.15) is 0 Å². The highest BCUT2D eigenvalue weighted by Crippen LogP contribution is 2.26. The van der Waals surface area contributed by atoms with E-state index in [0.29, 0.717) is 54.8 Å². The molecule has 1 saturated heterocycles. The van der Waals surface area contributed by atoms with Crippen molar-refractivity contribution in [3.05, 3.63) is 80.9 Å². The number of carbonyl (C=O) groups is 1. The molecule has 0 unspecified atom stereocenters. The smallest absolute Gasteiger partial charge is 0.276 e. The third kappa shape index (κ3) is 5.20. The van der Waals surface area contributed by atoms with Crippen molar-refractivity contribution >= 4 is 17.5 Å². The minimum atomic E-state index is -0.348. The summed E-state index contributed by atoms with van der Waals surface area (Å²) in [6.07, 6.45) is 0. The molecule has 0 radical (unpaired) electrons. The Morgan fingerprint density at radius 3 is 2.48 bits per heavy atom. The molecule has 0 aliphatic carbocycles. The van der Waals surface area contributed by atoms with E-state index in [-0.39, 0.29) is 18.3 Å². The maximum absolute atomic E-state index is 13.3. The molecule has 0 spiro atoms. The van der Waals surface area contributed by atoms with Gasteiger partial charge >= 0.3 is 0 Å². The van der Waals surface area contributed by atoms with Crippen molar-refractivity contribution in [1.29, 1.82) is 0 Å². The largest absolute Gasteiger partial charge is 0.488 e. The fraction of sp³-hybridized carbons (Fsp3) is 0.360. The van der Waals surface area contributed by atoms with Gasteiger partial charge in [-0.05, 0) is 49.6 Å². The quantitative estimate of drug-likeness (QED) is 0.510. The molecule has 2 aromatic carbocycles. The van der Waals surface area contributed by atoms with Crippen LogP contribution in [0.4, 0.5) is 4.39 Å². The number of nitrogens with zero attached hydrogens (tertiary/aromatic N) is 3. The average Bonchev–Trinajstić information content (AvgIpc) is 3.16. The van der Waals surface area contributed by atoms with E-state index in [1.54, 1.807) is 17.9 Å². The molecule has 0 atom stereocenters. The highest BCUT2D eigenvalue weighted by Gasteiger charge is 2.28. The van der Waals surface area contributed by atoms with E-state index >= 15 is 0 Å². The summed E-state index contributed by atoms with van der Waals surface area (Å²) in [6, 6.07) is 10.4. The van der Waals surface area contributed by atoms with E-state index in [1.807, 2.05) is 32.0 Å². The second kappa shape index (κ2) is 9.93. The van der Waals surface area contributed by atoms with Crippen LogP contribution in [0.25, 0.3) is 0 Å². The Balaban J connectivity index is 1.39. The average molecular weight is 472 g/mol. The van der Waals surface area contributed by atoms with Crippen LogP contribution in [0.1, 0.15) is 38.5 Å². The van der Waals surface area contributed by atoms with Crippen LogP contribution in [0, 0.1) is 26.6 Å². The summed E-state index contributed by atoms with van der Waals surface area (Å²) >= 11 is 6.16. The minimum Gasteiger partial charge on any atom is -0.488 e. The summed E-state index contributed by atoms with van der Waals surface area (Å²) in [5.41, 5.74) is 3.91. The molecule has 1 aromatic heterocycles. The van der Waals surface area contributed by atoms with E-state index in [9.17, 15) is 9.18 Å². The maximum Gasteiger partial charge on any atom is 0.276 e. The zero-order valence-corrected chi connectivity index (χ0v) is 19.8. The number of piperazine rings is 1. The van der Waals surface area contributed by atoms with Crippen LogP contribution >= 0.6 is 11.6 Å². The Morgan fingerprint density at radius 2 is 1.82 bits per heavy atom. The fourth-order valence-corrected chi connectivity index (χ4v) is 4.28. The highest BCUT2D eigenvalue weighted by atomic mass is 35.5. The topological polar surface area (TPSA) is 58.8 Å². The predicted octanol–water partition coefficient (Wildman–Crippen LogP) is 4.93. The van der Waals surface area contributed by atoms with Crippen LogP contribution in [-0.4, -0.2) is 47.0 Å². The zero-order valence-electron chi connectivity index (χ0n) is 19.0. The van der Waals surface area contributed by atoms with Crippen molar-refractivity contribution in [3.8, 4) is 5.75 Å². The van der Waals surface area contributed by atoms with E-state index < -0.39 is 0 Å². The van der Waals surface area contributed by atoms with Crippen molar-refractivity contribution in [2.45, 2.75) is 33.9 Å². The molecule has 8 heteroatoms. The van der Waals surface area contributed by atoms with Crippen molar-refractivity contribution in [2.24, 2.45) is 0 Å². The first kappa shape index (κ1) is 23.3. The first-order valence-corrected chi connectivity index (χ1v) is 11.3. The van der Waals surface area contributed by atoms with Gasteiger partial charge in [0.15, 0.2) is 5.69 Å². The fourth-order valence-electron chi connectivity index (χ4n) is 4.05. The van der Waals surface area contributed by atoms with Crippen LogP contribution < -0.4 is 4.74 Å². The molecule has 1 fully saturated rings. The number of aromatic nitrogens is 1. The molecule has 2 heterocycles. The van der Waals surface area contributed by atoms with Gasteiger partial charge in [0.2, 0.25) is 0 Å². The lowest BCUT2D eigenvalue weighted by Gasteiger charge is -2.34. The summed E-state index contributed by atoms with van der Waals surface area (Å²) in [6.45, 7) is 9.08. The molecular formula is C25H27ClFN3O3. The molecular weight excluding hydrogens is 445 g/mol. The van der Waals surface area contributed by atoms with Crippen LogP contribution in [0.3, 0.4) is 0 Å². The lowest BCUT2D eigenvalue weighted by molar-refractivity contribution is 0.0616. The van der Waals surface area contributed by atoms with Gasteiger partial charge in [-0.25, -0.2) is 4.39 Å². The lowest BCUT2D eigenvalue weighted by Crippen LogP contribution is -2.48. The summed E-state index contributed by atoms with van der Waals surface area (Å²) in [5, 5.41) is 4.46. The molecule has 0 saturated carbocycles. The van der Waals surface area contributed by atoms with Crippen molar-refractivity contribution < 1.29 is 18.4 Å². The van der Waals surface area contributed by atoms with Gasteiger partial charge < -0.3 is 14.2 Å². The second-order valence-electron chi connectivity index (χ2n) is 8.38. The maximum atomic E-state index is 13.3. The molecule has 1 aliphatic heterocycles. The Bertz CT molecular complexity index is 1140. The van der Waals surface area contributed by atoms with Crippen molar-refractivity contribution in [1.82, 2.24) is 15.0 Å². The van der Waals surface area contributed by atoms with Gasteiger partial charge in [0.25, 0.3) is 5.91 Å². The number of amides is 1. The standard InChI is InChI=1S/C25H27ClFN3O3/c1-16-5-4-6-17(2)24(16)32-15-21-18(3)33-28-23(21)25(31)30-11-9-29(10-12-30)14-19-7-8-20(27)13-22(19)26/h4-8,13H,9-12,14-15H2,1-3H3. The summed E-state index contributed by atoms with van der Waals surface area (Å²) in [7, 11) is 0. The Kier molecular flexibility index (Phi) is 7.00. The van der Waals surface area contributed by atoms with Gasteiger partial charge in [0.1, 0.15) is 23.9 Å². The highest BCUT2D eigenvalue weighted by molar-refractivity contribution is 6.31. The number of ether oxygens (including phenoxy) is 1. The lowest BCUT2D eigenvalue weighted by atomic mass is 10.1. The van der Waals surface area contributed by atoms with E-state index in [4.69, 9.17) is 20.9 Å². The van der Waals surface area contributed by atoms with Crippen molar-refractivity contribution in [3.63, 3.8) is 0 Å². The van der Waals surface area contributed by atoms with Crippen LogP contribution in [-0.2, 0) is 13.2 Å². The van der Waals surface area contributed by atoms with E-state index in [2.05, 4.69) is 10.1 Å². The molecule has 33 heavy (non-hydrogen) atoms. The van der Waals surface area contributed by atoms with E-state index in [0.717, 1.165) is 22.4 Å². The summed E-state index contributed by atoms with van der Waals surface area (Å²) < 4.78 is 24.7. The number of carbonyl (C=O) groups excluding carboxylic acids is 1. The molecule has 3 aromatic rings. The van der Waals surface area contributed by atoms with Crippen LogP contribution in [0.15, 0.2) is 40.9 Å². The second-order valence-corrected chi connectivity index (χ2v) is 8.79. The van der Waals surface area contributed by atoms with Gasteiger partial charge in [-0.1, -0.05) is 41.0 Å². The van der Waals surface area contributed by atoms with Gasteiger partial charge in [0.05, 0.1) is 5.56 Å².